The molecule has 22 heavy (non-hydrogen) atoms. The van der Waals surface area contributed by atoms with Crippen molar-refractivity contribution in [2.75, 3.05) is 0 Å². The lowest BCUT2D eigenvalue weighted by Crippen LogP contribution is -2.28. The van der Waals surface area contributed by atoms with Crippen molar-refractivity contribution in [3.63, 3.8) is 0 Å². The van der Waals surface area contributed by atoms with Gasteiger partial charge in [0.2, 0.25) is 0 Å². The van der Waals surface area contributed by atoms with E-state index in [9.17, 15) is 9.59 Å². The summed E-state index contributed by atoms with van der Waals surface area (Å²) >= 11 is 0. The molecule has 1 aromatic heterocycles. The predicted molar refractivity (Wildman–Crippen MR) is 87.3 cm³/mol. The molecule has 1 amide bonds. The van der Waals surface area contributed by atoms with Gasteiger partial charge in [-0.3, -0.25) is 9.59 Å². The fraction of sp³-hybridized carbons (Fsp3) is 0.333. The highest BCUT2D eigenvalue weighted by atomic mass is 16.2. The second kappa shape index (κ2) is 6.18. The van der Waals surface area contributed by atoms with Crippen LogP contribution in [-0.2, 0) is 0 Å². The average molecular weight is 298 g/mol. The van der Waals surface area contributed by atoms with Gasteiger partial charge in [0.15, 0.2) is 5.78 Å². The van der Waals surface area contributed by atoms with Gasteiger partial charge in [0, 0.05) is 11.3 Å². The topological polar surface area (TPSA) is 62.0 Å². The highest BCUT2D eigenvalue weighted by molar-refractivity contribution is 6.02. The molecule has 0 unspecified atom stereocenters. The first-order valence-electron chi connectivity index (χ1n) is 7.39. The molecule has 0 saturated heterocycles. The minimum atomic E-state index is -0.191. The number of Topliss-reactive ketones (excluding diaryl/α,β-unsaturated/α-hetero) is 1. The van der Waals surface area contributed by atoms with Gasteiger partial charge >= 0.3 is 0 Å². The van der Waals surface area contributed by atoms with Crippen molar-refractivity contribution in [3.8, 4) is 0 Å². The highest BCUT2D eigenvalue weighted by Crippen LogP contribution is 2.21. The number of carbonyl (C=O) groups excluding carboxylic acids is 2. The van der Waals surface area contributed by atoms with Crippen LogP contribution in [0.4, 0.5) is 0 Å². The van der Waals surface area contributed by atoms with Crippen LogP contribution in [-0.4, -0.2) is 16.7 Å². The molecule has 1 atom stereocenters. The lowest BCUT2D eigenvalue weighted by atomic mass is 10.0. The van der Waals surface area contributed by atoms with Crippen LogP contribution in [0.5, 0.6) is 0 Å². The van der Waals surface area contributed by atoms with Gasteiger partial charge in [0.1, 0.15) is 5.69 Å². The number of hydrogen-bond acceptors (Lipinski definition) is 2. The first-order valence-corrected chi connectivity index (χ1v) is 7.39. The Morgan fingerprint density at radius 2 is 1.77 bits per heavy atom. The molecule has 2 aromatic rings. The van der Waals surface area contributed by atoms with Gasteiger partial charge in [0.05, 0.1) is 6.04 Å². The van der Waals surface area contributed by atoms with E-state index in [1.54, 1.807) is 6.92 Å². The summed E-state index contributed by atoms with van der Waals surface area (Å²) in [6.07, 6.45) is 0. The van der Waals surface area contributed by atoms with Crippen LogP contribution in [0.15, 0.2) is 24.3 Å². The number of benzene rings is 1. The molecule has 0 bridgehead atoms. The Kier molecular flexibility index (Phi) is 4.50. The zero-order valence-corrected chi connectivity index (χ0v) is 13.7. The first-order chi connectivity index (χ1) is 10.3. The minimum absolute atomic E-state index is 0.0303. The van der Waals surface area contributed by atoms with Crippen molar-refractivity contribution in [1.29, 1.82) is 0 Å². The predicted octanol–water partition coefficient (Wildman–Crippen LogP) is 3.63. The van der Waals surface area contributed by atoms with Crippen LogP contribution in [0.1, 0.15) is 63.1 Å². The molecule has 4 heteroatoms. The SMILES string of the molecule is CC(=O)c1c(C)[nH]c(C(=O)N[C@H](C)c2ccccc2C)c1C. The van der Waals surface area contributed by atoms with E-state index in [4.69, 9.17) is 0 Å². The second-order valence-corrected chi connectivity index (χ2v) is 5.73. The zero-order valence-electron chi connectivity index (χ0n) is 13.7. The number of aromatic amines is 1. The van der Waals surface area contributed by atoms with E-state index >= 15 is 0 Å². The van der Waals surface area contributed by atoms with E-state index in [2.05, 4.69) is 10.3 Å². The number of carbonyl (C=O) groups is 2. The normalized spacial score (nSPS) is 12.0. The molecule has 1 aromatic carbocycles. The molecule has 1 heterocycles. The molecule has 4 nitrogen and oxygen atoms in total. The summed E-state index contributed by atoms with van der Waals surface area (Å²) in [5.74, 6) is -0.221. The molecular formula is C18H22N2O2. The molecule has 0 aliphatic carbocycles. The van der Waals surface area contributed by atoms with Crippen LogP contribution in [0.25, 0.3) is 0 Å². The summed E-state index contributed by atoms with van der Waals surface area (Å²) in [7, 11) is 0. The molecule has 2 rings (SSSR count). The Balaban J connectivity index is 2.25. The number of hydrogen-bond donors (Lipinski definition) is 2. The number of aryl methyl sites for hydroxylation is 2. The summed E-state index contributed by atoms with van der Waals surface area (Å²) < 4.78 is 0. The Bertz CT molecular complexity index is 729. The Morgan fingerprint density at radius 3 is 2.32 bits per heavy atom. The molecule has 0 aliphatic rings. The van der Waals surface area contributed by atoms with Crippen molar-refractivity contribution in [3.05, 3.63) is 57.9 Å². The van der Waals surface area contributed by atoms with E-state index in [1.807, 2.05) is 45.0 Å². The first kappa shape index (κ1) is 16.0. The van der Waals surface area contributed by atoms with Gasteiger partial charge < -0.3 is 10.3 Å². The molecular weight excluding hydrogens is 276 g/mol. The summed E-state index contributed by atoms with van der Waals surface area (Å²) in [6, 6.07) is 7.87. The van der Waals surface area contributed by atoms with Crippen molar-refractivity contribution in [2.45, 2.75) is 40.7 Å². The molecule has 0 fully saturated rings. The van der Waals surface area contributed by atoms with E-state index in [1.165, 1.54) is 6.92 Å². The highest BCUT2D eigenvalue weighted by Gasteiger charge is 2.21. The minimum Gasteiger partial charge on any atom is -0.354 e. The fourth-order valence-electron chi connectivity index (χ4n) is 2.92. The number of amides is 1. The van der Waals surface area contributed by atoms with Crippen LogP contribution in [0.2, 0.25) is 0 Å². The quantitative estimate of drug-likeness (QED) is 0.847. The van der Waals surface area contributed by atoms with E-state index in [0.717, 1.165) is 16.8 Å². The molecule has 2 N–H and O–H groups in total. The third-order valence-corrected chi connectivity index (χ3v) is 4.02. The van der Waals surface area contributed by atoms with Crippen molar-refractivity contribution in [1.82, 2.24) is 10.3 Å². The fourth-order valence-corrected chi connectivity index (χ4v) is 2.92. The smallest absolute Gasteiger partial charge is 0.268 e. The van der Waals surface area contributed by atoms with Crippen molar-refractivity contribution < 1.29 is 9.59 Å². The van der Waals surface area contributed by atoms with E-state index < -0.39 is 0 Å². The summed E-state index contributed by atoms with van der Waals surface area (Å²) in [5.41, 5.74) is 4.73. The monoisotopic (exact) mass is 298 g/mol. The van der Waals surface area contributed by atoms with Gasteiger partial charge in [0.25, 0.3) is 5.91 Å². The lowest BCUT2D eigenvalue weighted by Gasteiger charge is -2.16. The van der Waals surface area contributed by atoms with Gasteiger partial charge in [-0.25, -0.2) is 0 Å². The maximum absolute atomic E-state index is 12.5. The van der Waals surface area contributed by atoms with Crippen LogP contribution < -0.4 is 5.32 Å². The van der Waals surface area contributed by atoms with Crippen molar-refractivity contribution in [2.24, 2.45) is 0 Å². The number of H-pyrrole nitrogens is 1. The van der Waals surface area contributed by atoms with Gasteiger partial charge in [-0.2, -0.15) is 0 Å². The standard InChI is InChI=1S/C18H22N2O2/c1-10-8-6-7-9-15(10)12(3)20-18(22)17-11(2)16(14(5)21)13(4)19-17/h6-9,12,19H,1-5H3,(H,20,22)/t12-/m1/s1. The lowest BCUT2D eigenvalue weighted by molar-refractivity contribution is 0.0934. The molecule has 0 spiro atoms. The number of nitrogens with one attached hydrogen (secondary N) is 2. The van der Waals surface area contributed by atoms with Crippen LogP contribution in [0.3, 0.4) is 0 Å². The van der Waals surface area contributed by atoms with Crippen LogP contribution >= 0.6 is 0 Å². The third-order valence-electron chi connectivity index (χ3n) is 4.02. The summed E-state index contributed by atoms with van der Waals surface area (Å²) in [6.45, 7) is 9.10. The van der Waals surface area contributed by atoms with Gasteiger partial charge in [-0.05, 0) is 51.3 Å². The Morgan fingerprint density at radius 1 is 1.14 bits per heavy atom. The third kappa shape index (κ3) is 2.96. The van der Waals surface area contributed by atoms with E-state index in [-0.39, 0.29) is 17.7 Å². The number of ketones is 1. The molecule has 0 radical (unpaired) electrons. The van der Waals surface area contributed by atoms with Gasteiger partial charge in [-0.1, -0.05) is 24.3 Å². The van der Waals surface area contributed by atoms with E-state index in [0.29, 0.717) is 16.8 Å². The second-order valence-electron chi connectivity index (χ2n) is 5.73. The number of aromatic nitrogens is 1. The maximum atomic E-state index is 12.5. The number of rotatable bonds is 4. The Hall–Kier alpha value is -2.36. The maximum Gasteiger partial charge on any atom is 0.268 e. The largest absolute Gasteiger partial charge is 0.354 e. The van der Waals surface area contributed by atoms with Crippen molar-refractivity contribution >= 4 is 11.7 Å². The zero-order chi connectivity index (χ0) is 16.4. The molecule has 0 saturated carbocycles. The molecule has 116 valence electrons. The van der Waals surface area contributed by atoms with Crippen LogP contribution in [0, 0.1) is 20.8 Å². The average Bonchev–Trinajstić information content (AvgIpc) is 2.74. The van der Waals surface area contributed by atoms with Gasteiger partial charge in [-0.15, -0.1) is 0 Å². The summed E-state index contributed by atoms with van der Waals surface area (Å²) in [4.78, 5) is 27.2. The summed E-state index contributed by atoms with van der Waals surface area (Å²) in [5, 5.41) is 2.99. The molecule has 0 aliphatic heterocycles. The Labute approximate surface area is 130 Å².